The predicted molar refractivity (Wildman–Crippen MR) is 102 cm³/mol. The Balaban J connectivity index is 1.51. The van der Waals surface area contributed by atoms with Gasteiger partial charge in [-0.3, -0.25) is 4.79 Å². The van der Waals surface area contributed by atoms with Crippen molar-refractivity contribution in [1.82, 2.24) is 5.43 Å². The summed E-state index contributed by atoms with van der Waals surface area (Å²) < 4.78 is 11.0. The molecule has 132 valence electrons. The van der Waals surface area contributed by atoms with Crippen LogP contribution in [0.4, 0.5) is 0 Å². The quantitative estimate of drug-likeness (QED) is 0.487. The second-order valence-electron chi connectivity index (χ2n) is 5.22. The molecule has 1 amide bonds. The van der Waals surface area contributed by atoms with Crippen LogP contribution >= 0.6 is 23.2 Å². The smallest absolute Gasteiger partial charge is 0.277 e. The van der Waals surface area contributed by atoms with Crippen LogP contribution in [0.15, 0.2) is 70.2 Å². The van der Waals surface area contributed by atoms with E-state index in [1.54, 1.807) is 42.5 Å². The second kappa shape index (κ2) is 8.56. The van der Waals surface area contributed by atoms with Crippen LogP contribution in [0.25, 0.3) is 11.3 Å². The van der Waals surface area contributed by atoms with Gasteiger partial charge in [-0.25, -0.2) is 5.43 Å². The zero-order chi connectivity index (χ0) is 18.4. The molecule has 0 saturated heterocycles. The molecule has 0 saturated carbocycles. The van der Waals surface area contributed by atoms with Crippen LogP contribution in [0, 0.1) is 0 Å². The van der Waals surface area contributed by atoms with Crippen molar-refractivity contribution in [2.75, 3.05) is 6.61 Å². The van der Waals surface area contributed by atoms with Gasteiger partial charge in [0.15, 0.2) is 6.61 Å². The molecule has 0 aliphatic heterocycles. The van der Waals surface area contributed by atoms with Gasteiger partial charge in [-0.2, -0.15) is 5.10 Å². The van der Waals surface area contributed by atoms with Gasteiger partial charge in [0, 0.05) is 10.6 Å². The Morgan fingerprint density at radius 3 is 2.62 bits per heavy atom. The Hall–Kier alpha value is -2.76. The van der Waals surface area contributed by atoms with E-state index in [0.717, 1.165) is 5.56 Å². The molecule has 7 heteroatoms. The number of carbonyl (C=O) groups excluding carboxylic acids is 1. The number of ether oxygens (including phenoxy) is 1. The van der Waals surface area contributed by atoms with Crippen LogP contribution in [-0.2, 0) is 4.79 Å². The van der Waals surface area contributed by atoms with Crippen molar-refractivity contribution < 1.29 is 13.9 Å². The van der Waals surface area contributed by atoms with E-state index in [4.69, 9.17) is 32.4 Å². The van der Waals surface area contributed by atoms with Gasteiger partial charge in [-0.15, -0.1) is 0 Å². The molecule has 0 bridgehead atoms. The highest BCUT2D eigenvalue weighted by atomic mass is 35.5. The Morgan fingerprint density at radius 2 is 1.85 bits per heavy atom. The zero-order valence-electron chi connectivity index (χ0n) is 13.5. The molecule has 0 atom stereocenters. The summed E-state index contributed by atoms with van der Waals surface area (Å²) >= 11 is 11.8. The highest BCUT2D eigenvalue weighted by Crippen LogP contribution is 2.24. The molecule has 26 heavy (non-hydrogen) atoms. The minimum Gasteiger partial charge on any atom is -0.482 e. The van der Waals surface area contributed by atoms with Gasteiger partial charge >= 0.3 is 0 Å². The Morgan fingerprint density at radius 1 is 1.08 bits per heavy atom. The van der Waals surface area contributed by atoms with Crippen molar-refractivity contribution >= 4 is 35.3 Å². The van der Waals surface area contributed by atoms with Crippen LogP contribution in [-0.4, -0.2) is 18.7 Å². The van der Waals surface area contributed by atoms with Crippen LogP contribution in [0.5, 0.6) is 5.75 Å². The lowest BCUT2D eigenvalue weighted by atomic mass is 10.2. The van der Waals surface area contributed by atoms with Crippen molar-refractivity contribution in [2.45, 2.75) is 0 Å². The number of furan rings is 1. The average molecular weight is 389 g/mol. The van der Waals surface area contributed by atoms with E-state index >= 15 is 0 Å². The monoisotopic (exact) mass is 388 g/mol. The number of carbonyl (C=O) groups is 1. The first-order chi connectivity index (χ1) is 12.6. The molecular formula is C19H14Cl2N2O3. The highest BCUT2D eigenvalue weighted by molar-refractivity contribution is 6.32. The van der Waals surface area contributed by atoms with E-state index < -0.39 is 5.91 Å². The molecule has 0 fully saturated rings. The SMILES string of the molecule is O=C(COc1ccccc1Cl)N/N=C\c1ccc(-c2ccc(Cl)cc2)o1. The third kappa shape index (κ3) is 4.88. The molecule has 1 aromatic heterocycles. The second-order valence-corrected chi connectivity index (χ2v) is 6.06. The molecule has 3 rings (SSSR count). The lowest BCUT2D eigenvalue weighted by Crippen LogP contribution is -2.24. The number of amides is 1. The number of hydrogen-bond donors (Lipinski definition) is 1. The Labute approximate surface area is 160 Å². The summed E-state index contributed by atoms with van der Waals surface area (Å²) in [5.74, 6) is 1.20. The zero-order valence-corrected chi connectivity index (χ0v) is 15.0. The fraction of sp³-hybridized carbons (Fsp3) is 0.0526. The number of nitrogens with zero attached hydrogens (tertiary/aromatic N) is 1. The van der Waals surface area contributed by atoms with Crippen LogP contribution in [0.1, 0.15) is 5.76 Å². The number of hydrazone groups is 1. The lowest BCUT2D eigenvalue weighted by molar-refractivity contribution is -0.123. The van der Waals surface area contributed by atoms with E-state index in [2.05, 4.69) is 10.5 Å². The summed E-state index contributed by atoms with van der Waals surface area (Å²) in [7, 11) is 0. The Kier molecular flexibility index (Phi) is 5.94. The van der Waals surface area contributed by atoms with E-state index in [9.17, 15) is 4.79 Å². The van der Waals surface area contributed by atoms with Gasteiger partial charge in [0.2, 0.25) is 0 Å². The lowest BCUT2D eigenvalue weighted by Gasteiger charge is -2.06. The summed E-state index contributed by atoms with van der Waals surface area (Å²) in [5, 5.41) is 4.94. The molecule has 0 spiro atoms. The summed E-state index contributed by atoms with van der Waals surface area (Å²) in [6, 6.07) is 17.8. The van der Waals surface area contributed by atoms with Gasteiger partial charge in [-0.05, 0) is 48.5 Å². The minimum atomic E-state index is -0.411. The van der Waals surface area contributed by atoms with E-state index in [1.807, 2.05) is 18.2 Å². The molecule has 2 aromatic carbocycles. The van der Waals surface area contributed by atoms with Crippen molar-refractivity contribution in [2.24, 2.45) is 5.10 Å². The average Bonchev–Trinajstić information content (AvgIpc) is 3.10. The molecule has 1 heterocycles. The maximum atomic E-state index is 11.7. The number of halogens is 2. The first-order valence-electron chi connectivity index (χ1n) is 7.67. The van der Waals surface area contributed by atoms with Gasteiger partial charge in [0.1, 0.15) is 17.3 Å². The summed E-state index contributed by atoms with van der Waals surface area (Å²) in [4.78, 5) is 11.7. The number of rotatable bonds is 6. The maximum Gasteiger partial charge on any atom is 0.277 e. The topological polar surface area (TPSA) is 63.8 Å². The molecule has 5 nitrogen and oxygen atoms in total. The molecule has 1 N–H and O–H groups in total. The largest absolute Gasteiger partial charge is 0.482 e. The number of para-hydroxylation sites is 1. The number of hydrogen-bond acceptors (Lipinski definition) is 4. The highest BCUT2D eigenvalue weighted by Gasteiger charge is 2.05. The third-order valence-corrected chi connectivity index (χ3v) is 3.90. The normalized spacial score (nSPS) is 10.8. The van der Waals surface area contributed by atoms with Crippen LogP contribution in [0.2, 0.25) is 10.0 Å². The van der Waals surface area contributed by atoms with Crippen LogP contribution < -0.4 is 10.2 Å². The van der Waals surface area contributed by atoms with Gasteiger partial charge in [-0.1, -0.05) is 35.3 Å². The van der Waals surface area contributed by atoms with Gasteiger partial charge in [0.25, 0.3) is 5.91 Å². The van der Waals surface area contributed by atoms with E-state index in [0.29, 0.717) is 27.3 Å². The first kappa shape index (κ1) is 18.0. The van der Waals surface area contributed by atoms with Gasteiger partial charge < -0.3 is 9.15 Å². The molecule has 0 aliphatic rings. The molecule has 0 radical (unpaired) electrons. The fourth-order valence-electron chi connectivity index (χ4n) is 2.10. The van der Waals surface area contributed by atoms with Crippen LogP contribution in [0.3, 0.4) is 0 Å². The van der Waals surface area contributed by atoms with Gasteiger partial charge in [0.05, 0.1) is 11.2 Å². The van der Waals surface area contributed by atoms with E-state index in [-0.39, 0.29) is 6.61 Å². The molecular weight excluding hydrogens is 375 g/mol. The summed E-state index contributed by atoms with van der Waals surface area (Å²) in [6.45, 7) is -0.199. The molecule has 3 aromatic rings. The predicted octanol–water partition coefficient (Wildman–Crippen LogP) is 4.78. The number of benzene rings is 2. The third-order valence-electron chi connectivity index (χ3n) is 3.33. The molecule has 0 unspecified atom stereocenters. The van der Waals surface area contributed by atoms with Crippen molar-refractivity contribution in [3.63, 3.8) is 0 Å². The standard InChI is InChI=1S/C19H14Cl2N2O3/c20-14-7-5-13(6-8-14)17-10-9-15(26-17)11-22-23-19(24)12-25-18-4-2-1-3-16(18)21/h1-11H,12H2,(H,23,24)/b22-11-. The van der Waals surface area contributed by atoms with E-state index in [1.165, 1.54) is 6.21 Å². The van der Waals surface area contributed by atoms with Crippen molar-refractivity contribution in [1.29, 1.82) is 0 Å². The first-order valence-corrected chi connectivity index (χ1v) is 8.42. The number of nitrogens with one attached hydrogen (secondary N) is 1. The van der Waals surface area contributed by atoms with Crippen molar-refractivity contribution in [3.05, 3.63) is 76.5 Å². The van der Waals surface area contributed by atoms with Crippen molar-refractivity contribution in [3.8, 4) is 17.1 Å². The molecule has 0 aliphatic carbocycles. The Bertz CT molecular complexity index is 921. The fourth-order valence-corrected chi connectivity index (χ4v) is 2.41. The summed E-state index contributed by atoms with van der Waals surface area (Å²) in [6.07, 6.45) is 1.41. The summed E-state index contributed by atoms with van der Waals surface area (Å²) in [5.41, 5.74) is 3.26. The maximum absolute atomic E-state index is 11.7. The minimum absolute atomic E-state index is 0.199.